The number of hydrogen-bond acceptors (Lipinski definition) is 2. The van der Waals surface area contributed by atoms with E-state index in [1.807, 2.05) is 0 Å². The summed E-state index contributed by atoms with van der Waals surface area (Å²) in [5.74, 6) is 0.566. The Hall–Kier alpha value is 0.427. The first-order valence-corrected chi connectivity index (χ1v) is 9.05. The van der Waals surface area contributed by atoms with E-state index in [-0.39, 0.29) is 0 Å². The lowest BCUT2D eigenvalue weighted by atomic mass is 10.4. The molecule has 4 heteroatoms. The lowest BCUT2D eigenvalue weighted by Crippen LogP contribution is -2.31. The molecular formula is C10H23ClO2Si. The first-order valence-electron chi connectivity index (χ1n) is 5.40. The molecule has 0 radical (unpaired) electrons. The van der Waals surface area contributed by atoms with Crippen LogP contribution in [0.3, 0.4) is 0 Å². The highest BCUT2D eigenvalue weighted by Crippen LogP contribution is 2.14. The molecule has 0 aromatic heterocycles. The van der Waals surface area contributed by atoms with Crippen LogP contribution >= 0.6 is 11.6 Å². The van der Waals surface area contributed by atoms with Gasteiger partial charge in [-0.2, -0.15) is 0 Å². The van der Waals surface area contributed by atoms with Gasteiger partial charge in [0.15, 0.2) is 8.32 Å². The third kappa shape index (κ3) is 9.00. The standard InChI is InChI=1S/C10H23ClO2Si/c1-4-5-10-14(2,3)13-9-8-12-7-6-11/h4-10H2,1-3H3. The average Bonchev–Trinajstić information content (AvgIpc) is 2.15. The van der Waals surface area contributed by atoms with Gasteiger partial charge in [-0.1, -0.05) is 19.8 Å². The quantitative estimate of drug-likeness (QED) is 0.349. The lowest BCUT2D eigenvalue weighted by Gasteiger charge is -2.22. The number of unbranched alkanes of at least 4 members (excludes halogenated alkanes) is 1. The number of rotatable bonds is 9. The highest BCUT2D eigenvalue weighted by atomic mass is 35.5. The van der Waals surface area contributed by atoms with Crippen LogP contribution in [0.15, 0.2) is 0 Å². The number of hydrogen-bond donors (Lipinski definition) is 0. The smallest absolute Gasteiger partial charge is 0.186 e. The number of halogens is 1. The minimum absolute atomic E-state index is 0.566. The van der Waals surface area contributed by atoms with E-state index in [1.54, 1.807) is 0 Å². The molecule has 0 aliphatic rings. The van der Waals surface area contributed by atoms with E-state index in [2.05, 4.69) is 20.0 Å². The van der Waals surface area contributed by atoms with Crippen molar-refractivity contribution >= 4 is 19.9 Å². The van der Waals surface area contributed by atoms with Gasteiger partial charge < -0.3 is 9.16 Å². The zero-order valence-electron chi connectivity index (χ0n) is 9.64. The number of alkyl halides is 1. The minimum Gasteiger partial charge on any atom is -0.415 e. The van der Waals surface area contributed by atoms with Crippen molar-refractivity contribution in [1.82, 2.24) is 0 Å². The van der Waals surface area contributed by atoms with E-state index < -0.39 is 8.32 Å². The fraction of sp³-hybridized carbons (Fsp3) is 1.00. The van der Waals surface area contributed by atoms with Gasteiger partial charge in [0.2, 0.25) is 0 Å². The molecule has 86 valence electrons. The van der Waals surface area contributed by atoms with E-state index in [4.69, 9.17) is 20.8 Å². The molecule has 0 unspecified atom stereocenters. The molecule has 0 heterocycles. The maximum atomic E-state index is 5.85. The van der Waals surface area contributed by atoms with Crippen LogP contribution in [0.2, 0.25) is 19.1 Å². The normalized spacial score (nSPS) is 12.0. The highest BCUT2D eigenvalue weighted by molar-refractivity contribution is 6.71. The van der Waals surface area contributed by atoms with Crippen LogP contribution in [0, 0.1) is 0 Å². The summed E-state index contributed by atoms with van der Waals surface area (Å²) in [5, 5.41) is 0. The Balaban J connectivity index is 3.35. The van der Waals surface area contributed by atoms with Crippen molar-refractivity contribution in [2.75, 3.05) is 25.7 Å². The zero-order chi connectivity index (χ0) is 10.9. The summed E-state index contributed by atoms with van der Waals surface area (Å²) >= 11 is 5.48. The monoisotopic (exact) mass is 238 g/mol. The summed E-state index contributed by atoms with van der Waals surface area (Å²) in [6.45, 7) is 8.78. The van der Waals surface area contributed by atoms with Crippen LogP contribution in [0.4, 0.5) is 0 Å². The molecule has 0 atom stereocenters. The molecule has 2 nitrogen and oxygen atoms in total. The molecule has 14 heavy (non-hydrogen) atoms. The van der Waals surface area contributed by atoms with Crippen molar-refractivity contribution in [2.24, 2.45) is 0 Å². The fourth-order valence-corrected chi connectivity index (χ4v) is 3.30. The van der Waals surface area contributed by atoms with E-state index in [9.17, 15) is 0 Å². The molecule has 0 rings (SSSR count). The van der Waals surface area contributed by atoms with Gasteiger partial charge in [-0.3, -0.25) is 0 Å². The van der Waals surface area contributed by atoms with E-state index in [0.29, 0.717) is 19.1 Å². The second-order valence-corrected chi connectivity index (χ2v) is 8.70. The van der Waals surface area contributed by atoms with Crippen LogP contribution < -0.4 is 0 Å². The molecule has 0 aromatic rings. The van der Waals surface area contributed by atoms with Gasteiger partial charge in [0.25, 0.3) is 0 Å². The van der Waals surface area contributed by atoms with Crippen molar-refractivity contribution < 1.29 is 9.16 Å². The summed E-state index contributed by atoms with van der Waals surface area (Å²) < 4.78 is 11.1. The summed E-state index contributed by atoms with van der Waals surface area (Å²) in [6, 6.07) is 1.25. The van der Waals surface area contributed by atoms with Crippen molar-refractivity contribution in [3.8, 4) is 0 Å². The molecule has 0 bridgehead atoms. The predicted molar refractivity (Wildman–Crippen MR) is 64.7 cm³/mol. The topological polar surface area (TPSA) is 18.5 Å². The summed E-state index contributed by atoms with van der Waals surface area (Å²) in [6.07, 6.45) is 2.53. The van der Waals surface area contributed by atoms with Gasteiger partial charge in [0.1, 0.15) is 0 Å². The van der Waals surface area contributed by atoms with Crippen molar-refractivity contribution in [3.05, 3.63) is 0 Å². The molecule has 0 aromatic carbocycles. The van der Waals surface area contributed by atoms with Crippen LogP contribution in [0.25, 0.3) is 0 Å². The first-order chi connectivity index (χ1) is 6.62. The molecule has 0 aliphatic carbocycles. The van der Waals surface area contributed by atoms with Gasteiger partial charge >= 0.3 is 0 Å². The highest BCUT2D eigenvalue weighted by Gasteiger charge is 2.20. The SMILES string of the molecule is CCCC[Si](C)(C)OCCOCCCl. The molecule has 0 amide bonds. The van der Waals surface area contributed by atoms with Gasteiger partial charge in [-0.15, -0.1) is 11.6 Å². The summed E-state index contributed by atoms with van der Waals surface area (Å²) in [5.41, 5.74) is 0. The second-order valence-electron chi connectivity index (χ2n) is 4.01. The molecule has 0 fully saturated rings. The molecule has 0 spiro atoms. The van der Waals surface area contributed by atoms with E-state index >= 15 is 0 Å². The number of ether oxygens (including phenoxy) is 1. The third-order valence-corrected chi connectivity index (χ3v) is 4.77. The summed E-state index contributed by atoms with van der Waals surface area (Å²) in [7, 11) is -1.40. The van der Waals surface area contributed by atoms with E-state index in [0.717, 1.165) is 6.61 Å². The van der Waals surface area contributed by atoms with Crippen molar-refractivity contribution in [1.29, 1.82) is 0 Å². The Morgan fingerprint density at radius 3 is 2.43 bits per heavy atom. The molecular weight excluding hydrogens is 216 g/mol. The Labute approximate surface area is 94.1 Å². The Morgan fingerprint density at radius 1 is 1.14 bits per heavy atom. The lowest BCUT2D eigenvalue weighted by molar-refractivity contribution is 0.108. The zero-order valence-corrected chi connectivity index (χ0v) is 11.4. The Bertz CT molecular complexity index is 131. The van der Waals surface area contributed by atoms with E-state index in [1.165, 1.54) is 18.9 Å². The fourth-order valence-electron chi connectivity index (χ4n) is 1.21. The molecule has 0 N–H and O–H groups in total. The largest absolute Gasteiger partial charge is 0.415 e. The Morgan fingerprint density at radius 2 is 1.86 bits per heavy atom. The minimum atomic E-state index is -1.40. The van der Waals surface area contributed by atoms with Gasteiger partial charge in [-0.25, -0.2) is 0 Å². The van der Waals surface area contributed by atoms with Crippen LogP contribution in [0.5, 0.6) is 0 Å². The van der Waals surface area contributed by atoms with Crippen LogP contribution in [-0.2, 0) is 9.16 Å². The maximum absolute atomic E-state index is 5.85. The Kier molecular flexibility index (Phi) is 8.98. The second kappa shape index (κ2) is 8.71. The van der Waals surface area contributed by atoms with Crippen molar-refractivity contribution in [2.45, 2.75) is 38.9 Å². The molecule has 0 aliphatic heterocycles. The molecule has 0 saturated carbocycles. The van der Waals surface area contributed by atoms with Crippen LogP contribution in [-0.4, -0.2) is 34.0 Å². The average molecular weight is 239 g/mol. The van der Waals surface area contributed by atoms with Gasteiger partial charge in [0.05, 0.1) is 19.8 Å². The summed E-state index contributed by atoms with van der Waals surface area (Å²) in [4.78, 5) is 0. The van der Waals surface area contributed by atoms with Gasteiger partial charge in [0, 0.05) is 5.88 Å². The first kappa shape index (κ1) is 14.4. The third-order valence-electron chi connectivity index (χ3n) is 2.07. The van der Waals surface area contributed by atoms with Crippen LogP contribution in [0.1, 0.15) is 19.8 Å². The molecule has 0 saturated heterocycles. The maximum Gasteiger partial charge on any atom is 0.186 e. The van der Waals surface area contributed by atoms with Crippen molar-refractivity contribution in [3.63, 3.8) is 0 Å². The predicted octanol–water partition coefficient (Wildman–Crippen LogP) is 3.26. The van der Waals surface area contributed by atoms with Gasteiger partial charge in [-0.05, 0) is 19.1 Å².